The molecule has 1 aliphatic heterocycles. The van der Waals surface area contributed by atoms with E-state index >= 15 is 0 Å². The summed E-state index contributed by atoms with van der Waals surface area (Å²) in [5, 5.41) is 3.10. The fourth-order valence-corrected chi connectivity index (χ4v) is 4.94. The van der Waals surface area contributed by atoms with Crippen LogP contribution < -0.4 is 10.1 Å². The van der Waals surface area contributed by atoms with E-state index in [0.29, 0.717) is 10.7 Å². The highest BCUT2D eigenvalue weighted by Crippen LogP contribution is 2.34. The first-order valence-electron chi connectivity index (χ1n) is 8.85. The van der Waals surface area contributed by atoms with Gasteiger partial charge in [-0.3, -0.25) is 14.5 Å². The van der Waals surface area contributed by atoms with E-state index in [0.717, 1.165) is 26.9 Å². The van der Waals surface area contributed by atoms with Gasteiger partial charge < -0.3 is 10.1 Å². The van der Waals surface area contributed by atoms with Gasteiger partial charge in [0.15, 0.2) is 5.13 Å². The van der Waals surface area contributed by atoms with Gasteiger partial charge in [0, 0.05) is 5.56 Å². The average Bonchev–Trinajstić information content (AvgIpc) is 3.24. The Bertz CT molecular complexity index is 1180. The smallest absolute Gasteiger partial charge is 0.387 e. The number of ether oxygens (including phenoxy) is 1. The first-order chi connectivity index (χ1) is 14.9. The molecule has 1 saturated heterocycles. The van der Waals surface area contributed by atoms with E-state index < -0.39 is 18.4 Å². The first kappa shape index (κ1) is 21.3. The van der Waals surface area contributed by atoms with Crippen molar-refractivity contribution in [3.05, 3.63) is 59.0 Å². The van der Waals surface area contributed by atoms with Crippen molar-refractivity contribution in [1.82, 2.24) is 9.88 Å². The van der Waals surface area contributed by atoms with Crippen LogP contribution in [0.3, 0.4) is 0 Å². The lowest BCUT2D eigenvalue weighted by molar-refractivity contribution is -0.126. The molecule has 0 unspecified atom stereocenters. The number of amides is 2. The second-order valence-corrected chi connectivity index (χ2v) is 8.93. The number of aromatic nitrogens is 1. The molecular weight excluding hydrogens is 464 g/mol. The Labute approximate surface area is 188 Å². The summed E-state index contributed by atoms with van der Waals surface area (Å²) in [4.78, 5) is 30.9. The number of halogens is 2. The third kappa shape index (κ3) is 4.89. The molecule has 31 heavy (non-hydrogen) atoms. The number of alkyl halides is 2. The molecule has 11 heteroatoms. The molecule has 2 aromatic carbocycles. The van der Waals surface area contributed by atoms with Crippen LogP contribution in [0.5, 0.6) is 5.75 Å². The Morgan fingerprint density at radius 1 is 1.23 bits per heavy atom. The van der Waals surface area contributed by atoms with Crippen LogP contribution in [0.25, 0.3) is 16.3 Å². The van der Waals surface area contributed by atoms with Crippen LogP contribution in [0.1, 0.15) is 5.56 Å². The number of rotatable bonds is 6. The maximum Gasteiger partial charge on any atom is 0.387 e. The Morgan fingerprint density at radius 2 is 1.97 bits per heavy atom. The van der Waals surface area contributed by atoms with Crippen LogP contribution in [0.15, 0.2) is 53.4 Å². The predicted molar refractivity (Wildman–Crippen MR) is 121 cm³/mol. The van der Waals surface area contributed by atoms with E-state index in [1.165, 1.54) is 23.5 Å². The summed E-state index contributed by atoms with van der Waals surface area (Å²) >= 11 is 7.54. The van der Waals surface area contributed by atoms with E-state index in [2.05, 4.69) is 15.0 Å². The average molecular weight is 478 g/mol. The van der Waals surface area contributed by atoms with Crippen LogP contribution >= 0.6 is 35.3 Å². The zero-order valence-electron chi connectivity index (χ0n) is 15.6. The van der Waals surface area contributed by atoms with Crippen LogP contribution in [0.2, 0.25) is 0 Å². The first-order valence-corrected chi connectivity index (χ1v) is 10.9. The van der Waals surface area contributed by atoms with Gasteiger partial charge in [0.1, 0.15) is 16.6 Å². The number of benzene rings is 2. The standard InChI is InChI=1S/C20H13F2N3O3S3/c21-18(22)28-13-7-3-1-5-11(13)9-15-17(27)25(20(29)31-15)10-16(26)24-19-23-12-6-2-4-8-14(12)30-19/h1-9,18H,10H2,(H,23,24,26). The van der Waals surface area contributed by atoms with Gasteiger partial charge in [-0.2, -0.15) is 8.78 Å². The van der Waals surface area contributed by atoms with Gasteiger partial charge in [-0.1, -0.05) is 65.6 Å². The number of para-hydroxylation sites is 2. The van der Waals surface area contributed by atoms with Crippen molar-refractivity contribution in [2.24, 2.45) is 0 Å². The maximum atomic E-state index is 12.7. The Balaban J connectivity index is 1.47. The SMILES string of the molecule is O=C(CN1C(=O)C(=Cc2ccccc2OC(F)F)SC1=S)Nc1nc2ccccc2s1. The lowest BCUT2D eigenvalue weighted by Gasteiger charge is -2.13. The van der Waals surface area contributed by atoms with E-state index in [4.69, 9.17) is 12.2 Å². The molecule has 2 amide bonds. The fourth-order valence-electron chi connectivity index (χ4n) is 2.81. The van der Waals surface area contributed by atoms with E-state index in [9.17, 15) is 18.4 Å². The van der Waals surface area contributed by atoms with Gasteiger partial charge in [-0.25, -0.2) is 4.98 Å². The van der Waals surface area contributed by atoms with Crippen LogP contribution in [0, 0.1) is 0 Å². The van der Waals surface area contributed by atoms with Crippen molar-refractivity contribution < 1.29 is 23.1 Å². The zero-order chi connectivity index (χ0) is 22.0. The Hall–Kier alpha value is -2.89. The minimum Gasteiger partial charge on any atom is -0.434 e. The van der Waals surface area contributed by atoms with Crippen LogP contribution in [-0.4, -0.2) is 39.2 Å². The zero-order valence-corrected chi connectivity index (χ0v) is 18.0. The highest BCUT2D eigenvalue weighted by molar-refractivity contribution is 8.26. The summed E-state index contributed by atoms with van der Waals surface area (Å²) in [7, 11) is 0. The Morgan fingerprint density at radius 3 is 2.74 bits per heavy atom. The summed E-state index contributed by atoms with van der Waals surface area (Å²) in [6.45, 7) is -3.28. The number of hydrogen-bond acceptors (Lipinski definition) is 7. The molecule has 3 aromatic rings. The molecule has 0 atom stereocenters. The summed E-state index contributed by atoms with van der Waals surface area (Å²) in [6.07, 6.45) is 1.42. The molecule has 0 saturated carbocycles. The topological polar surface area (TPSA) is 71.5 Å². The second-order valence-electron chi connectivity index (χ2n) is 6.22. The molecule has 2 heterocycles. The number of fused-ring (bicyclic) bond motifs is 1. The van der Waals surface area contributed by atoms with Crippen LogP contribution in [0.4, 0.5) is 13.9 Å². The number of thiazole rings is 1. The molecule has 1 fully saturated rings. The van der Waals surface area contributed by atoms with E-state index in [1.807, 2.05) is 24.3 Å². The fraction of sp³-hybridized carbons (Fsp3) is 0.100. The minimum absolute atomic E-state index is 0.0589. The van der Waals surface area contributed by atoms with E-state index in [1.54, 1.807) is 18.2 Å². The van der Waals surface area contributed by atoms with E-state index in [-0.39, 0.29) is 21.5 Å². The molecule has 6 nitrogen and oxygen atoms in total. The number of nitrogens with zero attached hydrogens (tertiary/aromatic N) is 2. The molecule has 0 radical (unpaired) electrons. The number of nitrogens with one attached hydrogen (secondary N) is 1. The van der Waals surface area contributed by atoms with Gasteiger partial charge in [0.05, 0.1) is 15.1 Å². The van der Waals surface area contributed by atoms with Gasteiger partial charge in [0.25, 0.3) is 5.91 Å². The van der Waals surface area contributed by atoms with Crippen molar-refractivity contribution in [3.63, 3.8) is 0 Å². The number of anilines is 1. The number of thiocarbonyl (C=S) groups is 1. The van der Waals surface area contributed by atoms with Gasteiger partial charge in [0.2, 0.25) is 5.91 Å². The van der Waals surface area contributed by atoms with Gasteiger partial charge in [-0.15, -0.1) is 0 Å². The van der Waals surface area contributed by atoms with Crippen molar-refractivity contribution in [2.45, 2.75) is 6.61 Å². The molecule has 1 aliphatic rings. The second kappa shape index (κ2) is 9.08. The molecular formula is C20H13F2N3O3S3. The Kier molecular flexibility index (Phi) is 6.25. The predicted octanol–water partition coefficient (Wildman–Crippen LogP) is 4.74. The quantitative estimate of drug-likeness (QED) is 0.409. The van der Waals surface area contributed by atoms with Gasteiger partial charge >= 0.3 is 6.61 Å². The third-order valence-corrected chi connectivity index (χ3v) is 6.47. The monoisotopic (exact) mass is 477 g/mol. The molecule has 0 aliphatic carbocycles. The summed E-state index contributed by atoms with van der Waals surface area (Å²) in [6, 6.07) is 13.6. The molecule has 158 valence electrons. The van der Waals surface area contributed by atoms with Crippen LogP contribution in [-0.2, 0) is 9.59 Å². The number of hydrogen-bond donors (Lipinski definition) is 1. The molecule has 4 rings (SSSR count). The lowest BCUT2D eigenvalue weighted by atomic mass is 10.2. The van der Waals surface area contributed by atoms with Crippen molar-refractivity contribution in [3.8, 4) is 5.75 Å². The van der Waals surface area contributed by atoms with Crippen molar-refractivity contribution >= 4 is 72.9 Å². The van der Waals surface area contributed by atoms with Gasteiger partial charge in [-0.05, 0) is 24.3 Å². The number of carbonyl (C=O) groups is 2. The molecule has 1 aromatic heterocycles. The molecule has 0 bridgehead atoms. The van der Waals surface area contributed by atoms with Crippen molar-refractivity contribution in [2.75, 3.05) is 11.9 Å². The minimum atomic E-state index is -2.99. The third-order valence-electron chi connectivity index (χ3n) is 4.14. The largest absolute Gasteiger partial charge is 0.434 e. The van der Waals surface area contributed by atoms with Crippen molar-refractivity contribution in [1.29, 1.82) is 0 Å². The number of carbonyl (C=O) groups excluding carboxylic acids is 2. The summed E-state index contributed by atoms with van der Waals surface area (Å²) in [5.74, 6) is -0.990. The summed E-state index contributed by atoms with van der Waals surface area (Å²) in [5.41, 5.74) is 1.07. The normalized spacial score (nSPS) is 15.3. The lowest BCUT2D eigenvalue weighted by Crippen LogP contribution is -2.36. The molecule has 1 N–H and O–H groups in total. The highest BCUT2D eigenvalue weighted by atomic mass is 32.2. The maximum absolute atomic E-state index is 12.7. The molecule has 0 spiro atoms. The number of thioether (sulfide) groups is 1. The summed E-state index contributed by atoms with van der Waals surface area (Å²) < 4.78 is 30.8. The highest BCUT2D eigenvalue weighted by Gasteiger charge is 2.33.